The van der Waals surface area contributed by atoms with Crippen LogP contribution >= 0.6 is 0 Å². The molecule has 0 aliphatic carbocycles. The van der Waals surface area contributed by atoms with Crippen molar-refractivity contribution in [3.63, 3.8) is 0 Å². The van der Waals surface area contributed by atoms with Gasteiger partial charge in [0.1, 0.15) is 17.6 Å². The van der Waals surface area contributed by atoms with Crippen molar-refractivity contribution in [2.75, 3.05) is 37.7 Å². The molecule has 28 heavy (non-hydrogen) atoms. The van der Waals surface area contributed by atoms with Crippen LogP contribution in [0, 0.1) is 6.92 Å². The van der Waals surface area contributed by atoms with E-state index in [1.54, 1.807) is 24.1 Å². The second-order valence-corrected chi connectivity index (χ2v) is 6.89. The van der Waals surface area contributed by atoms with Crippen LogP contribution in [0.25, 0.3) is 0 Å². The lowest BCUT2D eigenvalue weighted by Gasteiger charge is -2.36. The van der Waals surface area contributed by atoms with Crippen LogP contribution in [-0.2, 0) is 9.59 Å². The minimum atomic E-state index is -0.588. The number of anilines is 1. The number of nitrogens with zero attached hydrogens (tertiary/aromatic N) is 3. The van der Waals surface area contributed by atoms with Crippen molar-refractivity contribution >= 4 is 17.6 Å². The molecule has 1 N–H and O–H groups in total. The lowest BCUT2D eigenvalue weighted by Crippen LogP contribution is -2.54. The van der Waals surface area contributed by atoms with Gasteiger partial charge in [-0.1, -0.05) is 18.2 Å². The Morgan fingerprint density at radius 3 is 2.61 bits per heavy atom. The molecular formula is C21H26N4O3. The number of rotatable bonds is 6. The van der Waals surface area contributed by atoms with Gasteiger partial charge in [0.15, 0.2) is 6.61 Å². The molecule has 0 saturated carbocycles. The van der Waals surface area contributed by atoms with E-state index in [1.165, 1.54) is 0 Å². The van der Waals surface area contributed by atoms with Crippen LogP contribution in [0.4, 0.5) is 5.82 Å². The van der Waals surface area contributed by atoms with Gasteiger partial charge in [-0.25, -0.2) is 4.98 Å². The Labute approximate surface area is 165 Å². The monoisotopic (exact) mass is 382 g/mol. The highest BCUT2D eigenvalue weighted by Crippen LogP contribution is 2.14. The summed E-state index contributed by atoms with van der Waals surface area (Å²) in [6.45, 7) is 6.21. The van der Waals surface area contributed by atoms with Crippen LogP contribution in [0.3, 0.4) is 0 Å². The number of nitrogens with one attached hydrogen (secondary N) is 1. The number of aryl methyl sites for hydroxylation is 1. The Hall–Kier alpha value is -3.09. The van der Waals surface area contributed by atoms with E-state index in [0.717, 1.165) is 24.5 Å². The number of pyridine rings is 1. The van der Waals surface area contributed by atoms with Gasteiger partial charge in [-0.05, 0) is 43.7 Å². The third-order valence-electron chi connectivity index (χ3n) is 4.67. The first kappa shape index (κ1) is 19.7. The molecular weight excluding hydrogens is 356 g/mol. The molecule has 0 spiro atoms. The maximum Gasteiger partial charge on any atom is 0.258 e. The summed E-state index contributed by atoms with van der Waals surface area (Å²) >= 11 is 0. The van der Waals surface area contributed by atoms with Gasteiger partial charge < -0.3 is 19.9 Å². The Kier molecular flexibility index (Phi) is 6.47. The number of benzene rings is 1. The minimum Gasteiger partial charge on any atom is -0.484 e. The third kappa shape index (κ3) is 5.22. The van der Waals surface area contributed by atoms with Gasteiger partial charge in [-0.3, -0.25) is 9.59 Å². The quantitative estimate of drug-likeness (QED) is 0.822. The number of piperazine rings is 1. The van der Waals surface area contributed by atoms with E-state index in [2.05, 4.69) is 15.2 Å². The molecule has 1 saturated heterocycles. The lowest BCUT2D eigenvalue weighted by atomic mass is 10.2. The number of hydrogen-bond donors (Lipinski definition) is 1. The summed E-state index contributed by atoms with van der Waals surface area (Å²) in [4.78, 5) is 33.0. The number of carbonyl (C=O) groups excluding carboxylic acids is 2. The van der Waals surface area contributed by atoms with E-state index < -0.39 is 6.04 Å². The molecule has 7 nitrogen and oxygen atoms in total. The van der Waals surface area contributed by atoms with Gasteiger partial charge in [-0.15, -0.1) is 0 Å². The first-order chi connectivity index (χ1) is 13.5. The molecule has 0 bridgehead atoms. The summed E-state index contributed by atoms with van der Waals surface area (Å²) in [5.41, 5.74) is 1.06. The number of amides is 2. The first-order valence-electron chi connectivity index (χ1n) is 9.46. The number of aromatic nitrogens is 1. The predicted molar refractivity (Wildman–Crippen MR) is 107 cm³/mol. The summed E-state index contributed by atoms with van der Waals surface area (Å²) in [6.07, 6.45) is 1.77. The van der Waals surface area contributed by atoms with Gasteiger partial charge >= 0.3 is 0 Å². The van der Waals surface area contributed by atoms with Crippen LogP contribution in [-0.4, -0.2) is 60.5 Å². The van der Waals surface area contributed by atoms with Crippen molar-refractivity contribution in [2.24, 2.45) is 0 Å². The molecule has 3 rings (SSSR count). The third-order valence-corrected chi connectivity index (χ3v) is 4.67. The highest BCUT2D eigenvalue weighted by atomic mass is 16.5. The van der Waals surface area contributed by atoms with Crippen LogP contribution in [0.15, 0.2) is 48.7 Å². The molecule has 0 radical (unpaired) electrons. The second-order valence-electron chi connectivity index (χ2n) is 6.89. The molecule has 1 aliphatic rings. The zero-order valence-corrected chi connectivity index (χ0v) is 16.3. The molecule has 1 unspecified atom stereocenters. The largest absolute Gasteiger partial charge is 0.484 e. The highest BCUT2D eigenvalue weighted by molar-refractivity contribution is 5.88. The van der Waals surface area contributed by atoms with E-state index in [4.69, 9.17) is 4.74 Å². The van der Waals surface area contributed by atoms with E-state index in [1.807, 2.05) is 43.3 Å². The highest BCUT2D eigenvalue weighted by Gasteiger charge is 2.26. The van der Waals surface area contributed by atoms with Gasteiger partial charge in [0, 0.05) is 32.4 Å². The average Bonchev–Trinajstić information content (AvgIpc) is 2.72. The van der Waals surface area contributed by atoms with Crippen molar-refractivity contribution in [2.45, 2.75) is 19.9 Å². The molecule has 2 amide bonds. The maximum atomic E-state index is 12.6. The van der Waals surface area contributed by atoms with Crippen LogP contribution in [0.5, 0.6) is 5.75 Å². The van der Waals surface area contributed by atoms with E-state index in [9.17, 15) is 9.59 Å². The van der Waals surface area contributed by atoms with Crippen molar-refractivity contribution in [3.8, 4) is 5.75 Å². The van der Waals surface area contributed by atoms with Crippen molar-refractivity contribution in [1.82, 2.24) is 15.2 Å². The average molecular weight is 382 g/mol. The molecule has 1 aliphatic heterocycles. The van der Waals surface area contributed by atoms with E-state index in [0.29, 0.717) is 18.8 Å². The summed E-state index contributed by atoms with van der Waals surface area (Å²) in [6, 6.07) is 12.7. The van der Waals surface area contributed by atoms with Gasteiger partial charge in [-0.2, -0.15) is 0 Å². The van der Waals surface area contributed by atoms with Crippen LogP contribution < -0.4 is 15.0 Å². The van der Waals surface area contributed by atoms with Crippen LogP contribution in [0.2, 0.25) is 0 Å². The summed E-state index contributed by atoms with van der Waals surface area (Å²) in [5, 5.41) is 2.72. The van der Waals surface area contributed by atoms with Gasteiger partial charge in [0.2, 0.25) is 5.91 Å². The molecule has 1 atom stereocenters. The Bertz CT molecular complexity index is 804. The molecule has 1 aromatic carbocycles. The van der Waals surface area contributed by atoms with Gasteiger partial charge in [0.25, 0.3) is 5.91 Å². The topological polar surface area (TPSA) is 74.8 Å². The number of hydrogen-bond acceptors (Lipinski definition) is 5. The first-order valence-corrected chi connectivity index (χ1v) is 9.46. The SMILES string of the molecule is Cc1cccc(OCC(=O)NC(C)C(=O)N2CCN(c3ccccn3)CC2)c1. The molecule has 148 valence electrons. The standard InChI is InChI=1S/C21H26N4O3/c1-16-6-5-7-18(14-16)28-15-20(26)23-17(2)21(27)25-12-10-24(11-13-25)19-8-3-4-9-22-19/h3-9,14,17H,10-13,15H2,1-2H3,(H,23,26). The number of ether oxygens (including phenoxy) is 1. The maximum absolute atomic E-state index is 12.6. The van der Waals surface area contributed by atoms with Crippen molar-refractivity contribution in [1.29, 1.82) is 0 Å². The molecule has 1 fully saturated rings. The second kappa shape index (κ2) is 9.21. The van der Waals surface area contributed by atoms with Gasteiger partial charge in [0.05, 0.1) is 0 Å². The lowest BCUT2D eigenvalue weighted by molar-refractivity contribution is -0.136. The Balaban J connectivity index is 1.43. The molecule has 2 aromatic rings. The molecule has 1 aromatic heterocycles. The minimum absolute atomic E-state index is 0.0791. The zero-order chi connectivity index (χ0) is 19.9. The number of carbonyl (C=O) groups is 2. The summed E-state index contributed by atoms with van der Waals surface area (Å²) in [5.74, 6) is 1.17. The fourth-order valence-electron chi connectivity index (χ4n) is 3.17. The fraction of sp³-hybridized carbons (Fsp3) is 0.381. The summed E-state index contributed by atoms with van der Waals surface area (Å²) in [7, 11) is 0. The zero-order valence-electron chi connectivity index (χ0n) is 16.3. The Morgan fingerprint density at radius 1 is 1.14 bits per heavy atom. The van der Waals surface area contributed by atoms with Crippen molar-refractivity contribution in [3.05, 3.63) is 54.2 Å². The molecule has 2 heterocycles. The fourth-order valence-corrected chi connectivity index (χ4v) is 3.17. The summed E-state index contributed by atoms with van der Waals surface area (Å²) < 4.78 is 5.49. The Morgan fingerprint density at radius 2 is 1.93 bits per heavy atom. The molecule has 7 heteroatoms. The van der Waals surface area contributed by atoms with E-state index >= 15 is 0 Å². The van der Waals surface area contributed by atoms with E-state index in [-0.39, 0.29) is 18.4 Å². The normalized spacial score (nSPS) is 15.1. The smallest absolute Gasteiger partial charge is 0.258 e. The predicted octanol–water partition coefficient (Wildman–Crippen LogP) is 1.62. The van der Waals surface area contributed by atoms with Crippen LogP contribution in [0.1, 0.15) is 12.5 Å². The van der Waals surface area contributed by atoms with Crippen molar-refractivity contribution < 1.29 is 14.3 Å².